The minimum Gasteiger partial charge on any atom is -0.395 e. The molecule has 2 rings (SSSR count). The molecule has 0 radical (unpaired) electrons. The fourth-order valence-corrected chi connectivity index (χ4v) is 3.22. The average Bonchev–Trinajstić information content (AvgIpc) is 2.65. The second kappa shape index (κ2) is 4.04. The molecular formula is C12H23NO2. The van der Waals surface area contributed by atoms with E-state index >= 15 is 0 Å². The van der Waals surface area contributed by atoms with Gasteiger partial charge in [0.05, 0.1) is 12.7 Å². The van der Waals surface area contributed by atoms with E-state index in [1.807, 2.05) is 0 Å². The van der Waals surface area contributed by atoms with E-state index < -0.39 is 0 Å². The summed E-state index contributed by atoms with van der Waals surface area (Å²) in [5.74, 6) is 0.667. The lowest BCUT2D eigenvalue weighted by Crippen LogP contribution is -2.67. The second-order valence-electron chi connectivity index (χ2n) is 5.50. The molecule has 1 saturated heterocycles. The maximum Gasteiger partial charge on any atom is 0.0685 e. The lowest BCUT2D eigenvalue weighted by molar-refractivity contribution is -0.116. The molecule has 0 aromatic carbocycles. The van der Waals surface area contributed by atoms with Crippen LogP contribution in [0.3, 0.4) is 0 Å². The van der Waals surface area contributed by atoms with Crippen molar-refractivity contribution >= 4 is 0 Å². The first-order valence-corrected chi connectivity index (χ1v) is 6.09. The fraction of sp³-hybridized carbons (Fsp3) is 1.00. The number of hydrogen-bond acceptors (Lipinski definition) is 3. The molecule has 0 aromatic heterocycles. The van der Waals surface area contributed by atoms with Crippen molar-refractivity contribution in [1.82, 2.24) is 5.32 Å². The Bertz CT molecular complexity index is 226. The monoisotopic (exact) mass is 213 g/mol. The summed E-state index contributed by atoms with van der Waals surface area (Å²) in [6, 6.07) is 0.762. The molecule has 0 bridgehead atoms. The molecular weight excluding hydrogens is 190 g/mol. The van der Waals surface area contributed by atoms with E-state index in [9.17, 15) is 5.11 Å². The van der Waals surface area contributed by atoms with E-state index in [0.29, 0.717) is 18.1 Å². The summed E-state index contributed by atoms with van der Waals surface area (Å²) in [5.41, 5.74) is 0.226. The highest BCUT2D eigenvalue weighted by molar-refractivity contribution is 5.11. The number of rotatable bonds is 4. The van der Waals surface area contributed by atoms with Gasteiger partial charge >= 0.3 is 0 Å². The fourth-order valence-electron chi connectivity index (χ4n) is 3.22. The second-order valence-corrected chi connectivity index (χ2v) is 5.50. The largest absolute Gasteiger partial charge is 0.395 e. The maximum absolute atomic E-state index is 9.21. The molecule has 2 aliphatic rings. The van der Waals surface area contributed by atoms with E-state index in [4.69, 9.17) is 4.74 Å². The lowest BCUT2D eigenvalue weighted by atomic mass is 9.57. The highest BCUT2D eigenvalue weighted by atomic mass is 16.5. The van der Waals surface area contributed by atoms with Crippen molar-refractivity contribution in [2.75, 3.05) is 13.2 Å². The van der Waals surface area contributed by atoms with Crippen LogP contribution in [0.25, 0.3) is 0 Å². The number of hydrogen-bond donors (Lipinski definition) is 2. The summed E-state index contributed by atoms with van der Waals surface area (Å²) in [6.45, 7) is 7.79. The topological polar surface area (TPSA) is 41.5 Å². The zero-order valence-corrected chi connectivity index (χ0v) is 9.99. The Morgan fingerprint density at radius 1 is 1.53 bits per heavy atom. The Morgan fingerprint density at radius 3 is 2.87 bits per heavy atom. The number of nitrogens with one attached hydrogen (secondary N) is 1. The molecule has 2 N–H and O–H groups in total. The van der Waals surface area contributed by atoms with Crippen LogP contribution in [-0.2, 0) is 4.74 Å². The van der Waals surface area contributed by atoms with Gasteiger partial charge in [0, 0.05) is 30.0 Å². The van der Waals surface area contributed by atoms with Gasteiger partial charge in [-0.2, -0.15) is 0 Å². The Kier molecular flexibility index (Phi) is 3.06. The van der Waals surface area contributed by atoms with Crippen LogP contribution in [0, 0.1) is 11.3 Å². The van der Waals surface area contributed by atoms with E-state index in [-0.39, 0.29) is 18.1 Å². The minimum absolute atomic E-state index is 0.226. The molecule has 2 fully saturated rings. The summed E-state index contributed by atoms with van der Waals surface area (Å²) in [4.78, 5) is 0. The lowest BCUT2D eigenvalue weighted by Gasteiger charge is -2.55. The normalized spacial score (nSPS) is 39.6. The molecule has 4 unspecified atom stereocenters. The van der Waals surface area contributed by atoms with Gasteiger partial charge in [0.25, 0.3) is 0 Å². The molecule has 0 amide bonds. The molecule has 1 aliphatic carbocycles. The Morgan fingerprint density at radius 2 is 2.27 bits per heavy atom. The number of fused-ring (bicyclic) bond motifs is 1. The van der Waals surface area contributed by atoms with Crippen molar-refractivity contribution in [1.29, 1.82) is 0 Å². The summed E-state index contributed by atoms with van der Waals surface area (Å²) >= 11 is 0. The van der Waals surface area contributed by atoms with Crippen LogP contribution in [0.2, 0.25) is 0 Å². The number of ether oxygens (including phenoxy) is 1. The first-order valence-electron chi connectivity index (χ1n) is 6.09. The van der Waals surface area contributed by atoms with E-state index in [1.54, 1.807) is 0 Å². The maximum atomic E-state index is 9.21. The van der Waals surface area contributed by atoms with Crippen molar-refractivity contribution in [3.05, 3.63) is 0 Å². The van der Waals surface area contributed by atoms with Gasteiger partial charge in [-0.3, -0.25) is 0 Å². The molecule has 3 nitrogen and oxygen atoms in total. The Balaban J connectivity index is 1.97. The van der Waals surface area contributed by atoms with Gasteiger partial charge in [-0.15, -0.1) is 0 Å². The van der Waals surface area contributed by atoms with Crippen LogP contribution >= 0.6 is 0 Å². The molecule has 88 valence electrons. The molecule has 1 saturated carbocycles. The predicted molar refractivity (Wildman–Crippen MR) is 59.7 cm³/mol. The molecule has 0 spiro atoms. The summed E-state index contributed by atoms with van der Waals surface area (Å²) in [7, 11) is 0. The Labute approximate surface area is 92.2 Å². The van der Waals surface area contributed by atoms with Gasteiger partial charge < -0.3 is 15.2 Å². The van der Waals surface area contributed by atoms with Crippen molar-refractivity contribution < 1.29 is 9.84 Å². The van der Waals surface area contributed by atoms with Crippen LogP contribution in [-0.4, -0.2) is 36.5 Å². The molecule has 15 heavy (non-hydrogen) atoms. The van der Waals surface area contributed by atoms with Crippen LogP contribution in [0.5, 0.6) is 0 Å². The third kappa shape index (κ3) is 1.71. The zero-order chi connectivity index (χ0) is 11.1. The van der Waals surface area contributed by atoms with Gasteiger partial charge in [-0.05, 0) is 12.8 Å². The standard InChI is InChI=1S/C12H23NO2/c1-4-8(7-14)13-10-9-5-6-15-11(9)12(10,2)3/h8-11,13-14H,4-7H2,1-3H3. The van der Waals surface area contributed by atoms with E-state index in [2.05, 4.69) is 26.1 Å². The minimum atomic E-state index is 0.226. The summed E-state index contributed by atoms with van der Waals surface area (Å²) < 4.78 is 5.74. The SMILES string of the molecule is CCC(CO)NC1C2CCOC2C1(C)C. The van der Waals surface area contributed by atoms with E-state index in [0.717, 1.165) is 13.0 Å². The summed E-state index contributed by atoms with van der Waals surface area (Å²) in [5, 5.41) is 12.8. The smallest absolute Gasteiger partial charge is 0.0685 e. The van der Waals surface area contributed by atoms with E-state index in [1.165, 1.54) is 6.42 Å². The van der Waals surface area contributed by atoms with Gasteiger partial charge in [0.2, 0.25) is 0 Å². The third-order valence-corrected chi connectivity index (χ3v) is 4.23. The molecule has 0 aromatic rings. The van der Waals surface area contributed by atoms with Crippen molar-refractivity contribution in [3.8, 4) is 0 Å². The molecule has 3 heteroatoms. The van der Waals surface area contributed by atoms with Crippen LogP contribution in [0.1, 0.15) is 33.6 Å². The van der Waals surface area contributed by atoms with Crippen LogP contribution in [0.15, 0.2) is 0 Å². The van der Waals surface area contributed by atoms with Crippen molar-refractivity contribution in [2.24, 2.45) is 11.3 Å². The number of aliphatic hydroxyl groups excluding tert-OH is 1. The first kappa shape index (κ1) is 11.4. The van der Waals surface area contributed by atoms with Gasteiger partial charge in [-0.25, -0.2) is 0 Å². The summed E-state index contributed by atoms with van der Waals surface area (Å²) in [6.07, 6.45) is 2.60. The first-order chi connectivity index (χ1) is 7.11. The van der Waals surface area contributed by atoms with Gasteiger partial charge in [-0.1, -0.05) is 20.8 Å². The van der Waals surface area contributed by atoms with Crippen molar-refractivity contribution in [2.45, 2.75) is 51.8 Å². The predicted octanol–water partition coefficient (Wildman–Crippen LogP) is 1.16. The molecule has 1 heterocycles. The van der Waals surface area contributed by atoms with Gasteiger partial charge in [0.1, 0.15) is 0 Å². The average molecular weight is 213 g/mol. The zero-order valence-electron chi connectivity index (χ0n) is 9.99. The molecule has 4 atom stereocenters. The van der Waals surface area contributed by atoms with Crippen molar-refractivity contribution in [3.63, 3.8) is 0 Å². The highest BCUT2D eigenvalue weighted by Gasteiger charge is 2.59. The molecule has 1 aliphatic heterocycles. The van der Waals surface area contributed by atoms with Gasteiger partial charge in [0.15, 0.2) is 0 Å². The quantitative estimate of drug-likeness (QED) is 0.736. The van der Waals surface area contributed by atoms with Crippen LogP contribution in [0.4, 0.5) is 0 Å². The Hall–Kier alpha value is -0.120. The number of aliphatic hydroxyl groups is 1. The third-order valence-electron chi connectivity index (χ3n) is 4.23. The van der Waals surface area contributed by atoms with Crippen LogP contribution < -0.4 is 5.32 Å². The highest BCUT2D eigenvalue weighted by Crippen LogP contribution is 2.52.